The molecule has 0 radical (unpaired) electrons. The van der Waals surface area contributed by atoms with E-state index in [9.17, 15) is 14.3 Å². The lowest BCUT2D eigenvalue weighted by Gasteiger charge is -2.20. The number of allylic oxidation sites excluding steroid dienone is 4. The Bertz CT molecular complexity index is 1040. The normalized spacial score (nSPS) is 13.4. The van der Waals surface area contributed by atoms with Crippen molar-refractivity contribution in [1.29, 1.82) is 0 Å². The second-order valence-electron chi connectivity index (χ2n) is 18.8. The summed E-state index contributed by atoms with van der Waals surface area (Å²) in [6, 6.07) is 0. The molecule has 0 bridgehead atoms. The second kappa shape index (κ2) is 52.9. The molecule has 0 saturated heterocycles. The Morgan fingerprint density at radius 3 is 1.14 bits per heavy atom. The average Bonchev–Trinajstić information content (AvgIpc) is 3.29. The van der Waals surface area contributed by atoms with Gasteiger partial charge in [0.1, 0.15) is 6.10 Å². The first kappa shape index (κ1) is 63.0. The van der Waals surface area contributed by atoms with Crippen molar-refractivity contribution in [2.45, 2.75) is 290 Å². The lowest BCUT2D eigenvalue weighted by molar-refractivity contribution is -0.154. The van der Waals surface area contributed by atoms with E-state index in [0.717, 1.165) is 32.1 Å². The van der Waals surface area contributed by atoms with E-state index in [2.05, 4.69) is 38.2 Å². The first-order chi connectivity index (χ1) is 31.4. The SMILES string of the molecule is CCCCCCCCCC/C=C\CCCCCCCCCCCCCCOCC(COP(=O)(O)OCCN)OC(=O)CCCCCCCCCCC/C=C\CCCCCCCCCC. The maximum absolute atomic E-state index is 12.7. The minimum absolute atomic E-state index is 0.0937. The maximum Gasteiger partial charge on any atom is 0.472 e. The van der Waals surface area contributed by atoms with Crippen LogP contribution in [0.5, 0.6) is 0 Å². The van der Waals surface area contributed by atoms with Crippen LogP contribution in [0.25, 0.3) is 0 Å². The molecule has 0 aliphatic heterocycles. The van der Waals surface area contributed by atoms with Gasteiger partial charge in [-0.1, -0.05) is 237 Å². The highest BCUT2D eigenvalue weighted by Gasteiger charge is 2.25. The topological polar surface area (TPSA) is 117 Å². The van der Waals surface area contributed by atoms with E-state index in [1.165, 1.54) is 231 Å². The molecule has 0 fully saturated rings. The molecule has 0 amide bonds. The molecule has 9 heteroatoms. The molecule has 380 valence electrons. The van der Waals surface area contributed by atoms with Gasteiger partial charge < -0.3 is 20.1 Å². The van der Waals surface area contributed by atoms with Crippen molar-refractivity contribution in [2.75, 3.05) is 33.0 Å². The summed E-state index contributed by atoms with van der Waals surface area (Å²) in [6.07, 6.45) is 62.2. The Labute approximate surface area is 397 Å². The van der Waals surface area contributed by atoms with Crippen LogP contribution in [0.3, 0.4) is 0 Å². The van der Waals surface area contributed by atoms with E-state index in [4.69, 9.17) is 24.3 Å². The van der Waals surface area contributed by atoms with Gasteiger partial charge in [-0.2, -0.15) is 0 Å². The van der Waals surface area contributed by atoms with E-state index in [-0.39, 0.29) is 32.3 Å². The summed E-state index contributed by atoms with van der Waals surface area (Å²) in [5.74, 6) is -0.327. The third-order valence-electron chi connectivity index (χ3n) is 12.3. The largest absolute Gasteiger partial charge is 0.472 e. The van der Waals surface area contributed by atoms with Gasteiger partial charge in [0.15, 0.2) is 0 Å². The first-order valence-corrected chi connectivity index (χ1v) is 29.3. The molecule has 3 N–H and O–H groups in total. The number of carbonyl (C=O) groups excluding carboxylic acids is 1. The van der Waals surface area contributed by atoms with Crippen LogP contribution >= 0.6 is 7.82 Å². The standard InChI is InChI=1S/C55H108NO7P/c1-3-5-7-9-11-13-15-17-19-21-23-25-26-27-29-31-33-35-37-39-41-43-45-47-50-60-52-54(53-62-64(58,59)61-51-49-56)63-55(57)48-46-44-42-40-38-36-34-32-30-28-24-22-20-18-16-14-12-10-8-6-4-2/h21-24,54H,3-20,25-53,56H2,1-2H3,(H,58,59)/b23-21-,24-22-. The predicted molar refractivity (Wildman–Crippen MR) is 275 cm³/mol. The third kappa shape index (κ3) is 52.0. The highest BCUT2D eigenvalue weighted by Crippen LogP contribution is 2.43. The number of carbonyl (C=O) groups is 1. The molecule has 0 aromatic rings. The lowest BCUT2D eigenvalue weighted by Crippen LogP contribution is -2.28. The Morgan fingerprint density at radius 1 is 0.453 bits per heavy atom. The van der Waals surface area contributed by atoms with E-state index < -0.39 is 13.9 Å². The van der Waals surface area contributed by atoms with Crippen molar-refractivity contribution in [3.8, 4) is 0 Å². The van der Waals surface area contributed by atoms with Crippen molar-refractivity contribution in [2.24, 2.45) is 5.73 Å². The Hall–Kier alpha value is -1.02. The van der Waals surface area contributed by atoms with Gasteiger partial charge in [0.05, 0.1) is 19.8 Å². The van der Waals surface area contributed by atoms with Crippen molar-refractivity contribution < 1.29 is 32.8 Å². The smallest absolute Gasteiger partial charge is 0.457 e. The Kier molecular flexibility index (Phi) is 52.1. The van der Waals surface area contributed by atoms with Crippen LogP contribution in [-0.4, -0.2) is 49.9 Å². The number of rotatable bonds is 54. The van der Waals surface area contributed by atoms with Crippen LogP contribution in [0.4, 0.5) is 0 Å². The minimum Gasteiger partial charge on any atom is -0.457 e. The van der Waals surface area contributed by atoms with Gasteiger partial charge >= 0.3 is 13.8 Å². The van der Waals surface area contributed by atoms with Crippen LogP contribution in [0.2, 0.25) is 0 Å². The fraction of sp³-hybridized carbons (Fsp3) is 0.909. The van der Waals surface area contributed by atoms with Gasteiger partial charge in [-0.25, -0.2) is 4.57 Å². The Morgan fingerprint density at radius 2 is 0.781 bits per heavy atom. The van der Waals surface area contributed by atoms with Crippen LogP contribution in [-0.2, 0) is 27.9 Å². The summed E-state index contributed by atoms with van der Waals surface area (Å²) in [4.78, 5) is 22.6. The van der Waals surface area contributed by atoms with Gasteiger partial charge in [-0.15, -0.1) is 0 Å². The zero-order valence-corrected chi connectivity index (χ0v) is 43.4. The van der Waals surface area contributed by atoms with Crippen LogP contribution in [0, 0.1) is 0 Å². The molecule has 64 heavy (non-hydrogen) atoms. The van der Waals surface area contributed by atoms with Crippen LogP contribution in [0.1, 0.15) is 284 Å². The molecule has 0 spiro atoms. The van der Waals surface area contributed by atoms with Gasteiger partial charge in [-0.3, -0.25) is 13.8 Å². The molecule has 0 saturated carbocycles. The molecule has 0 rings (SSSR count). The first-order valence-electron chi connectivity index (χ1n) is 27.8. The highest BCUT2D eigenvalue weighted by atomic mass is 31.2. The zero-order valence-electron chi connectivity index (χ0n) is 42.5. The third-order valence-corrected chi connectivity index (χ3v) is 13.3. The molecule has 0 aromatic carbocycles. The molecule has 0 heterocycles. The number of unbranched alkanes of at least 4 members (excludes halogenated alkanes) is 37. The predicted octanol–water partition coefficient (Wildman–Crippen LogP) is 17.5. The number of phosphoric ester groups is 1. The molecule has 0 aliphatic carbocycles. The monoisotopic (exact) mass is 926 g/mol. The van der Waals surface area contributed by atoms with Gasteiger partial charge in [0.2, 0.25) is 0 Å². The number of ether oxygens (including phenoxy) is 2. The molecular formula is C55H108NO7P. The molecule has 0 aliphatic rings. The summed E-state index contributed by atoms with van der Waals surface area (Å²) in [5.41, 5.74) is 5.40. The summed E-state index contributed by atoms with van der Waals surface area (Å²) >= 11 is 0. The van der Waals surface area contributed by atoms with Crippen molar-refractivity contribution in [3.63, 3.8) is 0 Å². The van der Waals surface area contributed by atoms with E-state index in [1.807, 2.05) is 0 Å². The summed E-state index contributed by atoms with van der Waals surface area (Å²) in [6.45, 7) is 4.98. The molecule has 0 aromatic heterocycles. The van der Waals surface area contributed by atoms with Gasteiger partial charge in [0, 0.05) is 19.6 Å². The number of phosphoric acid groups is 1. The van der Waals surface area contributed by atoms with E-state index in [0.29, 0.717) is 13.0 Å². The summed E-state index contributed by atoms with van der Waals surface area (Å²) in [7, 11) is -4.28. The maximum atomic E-state index is 12.7. The van der Waals surface area contributed by atoms with Gasteiger partial charge in [-0.05, 0) is 64.2 Å². The lowest BCUT2D eigenvalue weighted by atomic mass is 10.0. The number of esters is 1. The fourth-order valence-electron chi connectivity index (χ4n) is 8.23. The van der Waals surface area contributed by atoms with Crippen LogP contribution < -0.4 is 5.73 Å². The minimum atomic E-state index is -4.28. The zero-order chi connectivity index (χ0) is 46.5. The quantitative estimate of drug-likeness (QED) is 0.0268. The van der Waals surface area contributed by atoms with E-state index in [1.54, 1.807) is 0 Å². The molecule has 2 unspecified atom stereocenters. The average molecular weight is 926 g/mol. The Balaban J connectivity index is 3.87. The number of hydrogen-bond donors (Lipinski definition) is 2. The summed E-state index contributed by atoms with van der Waals surface area (Å²) < 4.78 is 33.7. The number of hydrogen-bond acceptors (Lipinski definition) is 7. The van der Waals surface area contributed by atoms with Crippen molar-refractivity contribution in [1.82, 2.24) is 0 Å². The van der Waals surface area contributed by atoms with E-state index >= 15 is 0 Å². The van der Waals surface area contributed by atoms with Crippen LogP contribution in [0.15, 0.2) is 24.3 Å². The summed E-state index contributed by atoms with van der Waals surface area (Å²) in [5, 5.41) is 0. The molecule has 8 nitrogen and oxygen atoms in total. The fourth-order valence-corrected chi connectivity index (χ4v) is 8.99. The number of nitrogens with two attached hydrogens (primary N) is 1. The van der Waals surface area contributed by atoms with Crippen molar-refractivity contribution >= 4 is 13.8 Å². The second-order valence-corrected chi connectivity index (χ2v) is 20.2. The highest BCUT2D eigenvalue weighted by molar-refractivity contribution is 7.47. The van der Waals surface area contributed by atoms with Crippen molar-refractivity contribution in [3.05, 3.63) is 24.3 Å². The molecular weight excluding hydrogens is 818 g/mol. The molecule has 2 atom stereocenters. The van der Waals surface area contributed by atoms with Gasteiger partial charge in [0.25, 0.3) is 0 Å².